The van der Waals surface area contributed by atoms with E-state index < -0.39 is 11.7 Å². The Labute approximate surface area is 175 Å². The largest absolute Gasteiger partial charge is 0.420 e. The molecule has 1 saturated heterocycles. The highest BCUT2D eigenvalue weighted by molar-refractivity contribution is 6.02. The van der Waals surface area contributed by atoms with Crippen molar-refractivity contribution in [3.63, 3.8) is 0 Å². The van der Waals surface area contributed by atoms with Gasteiger partial charge in [-0.25, -0.2) is 14.5 Å². The van der Waals surface area contributed by atoms with Crippen LogP contribution < -0.4 is 10.6 Å². The summed E-state index contributed by atoms with van der Waals surface area (Å²) in [7, 11) is 0. The van der Waals surface area contributed by atoms with E-state index in [0.717, 1.165) is 19.0 Å². The predicted octanol–water partition coefficient (Wildman–Crippen LogP) is 3.63. The van der Waals surface area contributed by atoms with Crippen LogP contribution >= 0.6 is 0 Å². The van der Waals surface area contributed by atoms with Crippen LogP contribution in [0.1, 0.15) is 32.3 Å². The maximum Gasteiger partial charge on any atom is 0.420 e. The molecule has 1 fully saturated rings. The molecule has 0 spiro atoms. The van der Waals surface area contributed by atoms with Gasteiger partial charge in [0.25, 0.3) is 0 Å². The maximum absolute atomic E-state index is 13.8. The Kier molecular flexibility index (Phi) is 4.40. The summed E-state index contributed by atoms with van der Waals surface area (Å²) in [4.78, 5) is 8.21. The first-order chi connectivity index (χ1) is 14.7. The van der Waals surface area contributed by atoms with Gasteiger partial charge >= 0.3 is 6.18 Å². The Morgan fingerprint density at radius 1 is 1.23 bits per heavy atom. The lowest BCUT2D eigenvalue weighted by molar-refractivity contribution is -0.137. The highest BCUT2D eigenvalue weighted by Crippen LogP contribution is 2.38. The van der Waals surface area contributed by atoms with Crippen LogP contribution in [-0.2, 0) is 6.18 Å². The predicted molar refractivity (Wildman–Crippen MR) is 110 cm³/mol. The standard InChI is InChI=1S/C20H21F3N8/c1-19(2)7-6-11(9-25-19)26-18-24-10-12(20(21,22)23)15(27-18)16-14-13-5-3-4-8-31(13)30-17(14)29-28-16/h3-5,8,10-11,25H,6-7,9H2,1-2H3,(H,29,30)(H,24,26,27)/t11-/m0/s1. The summed E-state index contributed by atoms with van der Waals surface area (Å²) in [6.07, 6.45) is -0.293. The molecule has 0 unspecified atom stereocenters. The second-order valence-electron chi connectivity index (χ2n) is 8.42. The van der Waals surface area contributed by atoms with Gasteiger partial charge in [-0.2, -0.15) is 18.3 Å². The number of alkyl halides is 3. The third-order valence-corrected chi connectivity index (χ3v) is 5.65. The molecular formula is C20H21F3N8. The van der Waals surface area contributed by atoms with Gasteiger partial charge in [0.1, 0.15) is 17.0 Å². The summed E-state index contributed by atoms with van der Waals surface area (Å²) in [5.74, 6) is 0.141. The quantitative estimate of drug-likeness (QED) is 0.459. The molecule has 1 aliphatic heterocycles. The number of pyridine rings is 1. The molecule has 1 atom stereocenters. The van der Waals surface area contributed by atoms with Crippen LogP contribution in [0.3, 0.4) is 0 Å². The van der Waals surface area contributed by atoms with E-state index in [-0.39, 0.29) is 28.9 Å². The van der Waals surface area contributed by atoms with Gasteiger partial charge in [0.15, 0.2) is 5.65 Å². The number of rotatable bonds is 3. The summed E-state index contributed by atoms with van der Waals surface area (Å²) >= 11 is 0. The molecule has 5 rings (SSSR count). The SMILES string of the molecule is CC1(C)CC[C@H](Nc2ncc(C(F)(F)F)c(-c3n[nH]c4nn5ccccc5c34)n2)CN1. The maximum atomic E-state index is 13.8. The number of halogens is 3. The van der Waals surface area contributed by atoms with Crippen molar-refractivity contribution in [3.05, 3.63) is 36.2 Å². The van der Waals surface area contributed by atoms with Gasteiger partial charge in [0.2, 0.25) is 5.95 Å². The van der Waals surface area contributed by atoms with E-state index in [4.69, 9.17) is 0 Å². The average Bonchev–Trinajstić information content (AvgIpc) is 3.28. The molecular weight excluding hydrogens is 409 g/mol. The van der Waals surface area contributed by atoms with E-state index in [2.05, 4.69) is 49.7 Å². The van der Waals surface area contributed by atoms with Gasteiger partial charge < -0.3 is 10.6 Å². The minimum absolute atomic E-state index is 0.0220. The zero-order chi connectivity index (χ0) is 21.8. The number of anilines is 1. The van der Waals surface area contributed by atoms with E-state index in [1.165, 1.54) is 0 Å². The highest BCUT2D eigenvalue weighted by Gasteiger charge is 2.37. The lowest BCUT2D eigenvalue weighted by Crippen LogP contribution is -2.50. The van der Waals surface area contributed by atoms with E-state index in [9.17, 15) is 13.2 Å². The highest BCUT2D eigenvalue weighted by atomic mass is 19.4. The molecule has 5 heterocycles. The van der Waals surface area contributed by atoms with Gasteiger partial charge in [-0.1, -0.05) is 6.07 Å². The van der Waals surface area contributed by atoms with E-state index in [0.29, 0.717) is 23.1 Å². The van der Waals surface area contributed by atoms with Crippen LogP contribution in [0.25, 0.3) is 27.9 Å². The van der Waals surface area contributed by atoms with Crippen molar-refractivity contribution in [2.45, 2.75) is 44.4 Å². The zero-order valence-electron chi connectivity index (χ0n) is 17.0. The van der Waals surface area contributed by atoms with Crippen molar-refractivity contribution in [2.75, 3.05) is 11.9 Å². The summed E-state index contributed by atoms with van der Waals surface area (Å²) in [5.41, 5.74) is -0.0583. The van der Waals surface area contributed by atoms with Crippen molar-refractivity contribution in [1.82, 2.24) is 35.1 Å². The molecule has 8 nitrogen and oxygen atoms in total. The number of fused-ring (bicyclic) bond motifs is 3. The fraction of sp³-hybridized carbons (Fsp3) is 0.400. The molecule has 3 N–H and O–H groups in total. The molecule has 0 aliphatic carbocycles. The van der Waals surface area contributed by atoms with Crippen LogP contribution in [0, 0.1) is 0 Å². The molecule has 4 aromatic heterocycles. The Balaban J connectivity index is 1.59. The van der Waals surface area contributed by atoms with Crippen LogP contribution in [0.4, 0.5) is 19.1 Å². The Bertz CT molecular complexity index is 1250. The molecule has 0 amide bonds. The molecule has 162 valence electrons. The lowest BCUT2D eigenvalue weighted by atomic mass is 9.91. The molecule has 31 heavy (non-hydrogen) atoms. The average molecular weight is 430 g/mol. The molecule has 1 aliphatic rings. The van der Waals surface area contributed by atoms with Gasteiger partial charge in [-0.3, -0.25) is 5.10 Å². The van der Waals surface area contributed by atoms with Crippen molar-refractivity contribution in [2.24, 2.45) is 0 Å². The number of piperidine rings is 1. The minimum atomic E-state index is -4.63. The molecule has 0 saturated carbocycles. The van der Waals surface area contributed by atoms with Crippen LogP contribution in [0.15, 0.2) is 30.6 Å². The minimum Gasteiger partial charge on any atom is -0.350 e. The summed E-state index contributed by atoms with van der Waals surface area (Å²) < 4.78 is 43.0. The number of H-pyrrole nitrogens is 1. The van der Waals surface area contributed by atoms with Crippen molar-refractivity contribution in [1.29, 1.82) is 0 Å². The van der Waals surface area contributed by atoms with Gasteiger partial charge in [-0.15, -0.1) is 5.10 Å². The molecule has 0 radical (unpaired) electrons. The molecule has 0 aromatic carbocycles. The van der Waals surface area contributed by atoms with Crippen LogP contribution in [0.5, 0.6) is 0 Å². The van der Waals surface area contributed by atoms with Crippen LogP contribution in [0.2, 0.25) is 0 Å². The lowest BCUT2D eigenvalue weighted by Gasteiger charge is -2.36. The number of nitrogens with one attached hydrogen (secondary N) is 3. The number of aromatic amines is 1. The first-order valence-electron chi connectivity index (χ1n) is 9.99. The fourth-order valence-electron chi connectivity index (χ4n) is 3.92. The Morgan fingerprint density at radius 3 is 2.81 bits per heavy atom. The molecule has 4 aromatic rings. The normalized spacial score (nSPS) is 19.2. The van der Waals surface area contributed by atoms with Crippen molar-refractivity contribution >= 4 is 22.5 Å². The van der Waals surface area contributed by atoms with Gasteiger partial charge in [0.05, 0.1) is 10.9 Å². The Hall–Kier alpha value is -3.21. The second kappa shape index (κ2) is 6.91. The number of aromatic nitrogens is 6. The van der Waals surface area contributed by atoms with Crippen LogP contribution in [-0.4, -0.2) is 47.9 Å². The van der Waals surface area contributed by atoms with Crippen molar-refractivity contribution in [3.8, 4) is 11.4 Å². The Morgan fingerprint density at radius 2 is 2.06 bits per heavy atom. The van der Waals surface area contributed by atoms with Gasteiger partial charge in [0, 0.05) is 30.5 Å². The third kappa shape index (κ3) is 3.58. The summed E-state index contributed by atoms with van der Waals surface area (Å²) in [6, 6.07) is 5.38. The second-order valence-corrected chi connectivity index (χ2v) is 8.42. The topological polar surface area (TPSA) is 95.8 Å². The molecule has 11 heteroatoms. The van der Waals surface area contributed by atoms with E-state index >= 15 is 0 Å². The summed E-state index contributed by atoms with van der Waals surface area (Å²) in [6.45, 7) is 4.91. The first kappa shape index (κ1) is 19.7. The fourth-order valence-corrected chi connectivity index (χ4v) is 3.92. The van der Waals surface area contributed by atoms with E-state index in [1.807, 2.05) is 0 Å². The number of hydrogen-bond donors (Lipinski definition) is 3. The number of hydrogen-bond acceptors (Lipinski definition) is 6. The van der Waals surface area contributed by atoms with E-state index in [1.54, 1.807) is 28.9 Å². The third-order valence-electron chi connectivity index (χ3n) is 5.65. The number of nitrogens with zero attached hydrogens (tertiary/aromatic N) is 5. The first-order valence-corrected chi connectivity index (χ1v) is 9.99. The molecule has 0 bridgehead atoms. The van der Waals surface area contributed by atoms with Gasteiger partial charge in [-0.05, 0) is 38.8 Å². The zero-order valence-corrected chi connectivity index (χ0v) is 17.0. The van der Waals surface area contributed by atoms with Crippen molar-refractivity contribution < 1.29 is 13.2 Å². The summed E-state index contributed by atoms with van der Waals surface area (Å²) in [5, 5.41) is 18.3. The smallest absolute Gasteiger partial charge is 0.350 e. The monoisotopic (exact) mass is 430 g/mol.